The molecule has 0 aliphatic rings. The summed E-state index contributed by atoms with van der Waals surface area (Å²) in [6, 6.07) is 3.03. The Morgan fingerprint density at radius 1 is 1.21 bits per heavy atom. The second kappa shape index (κ2) is 5.27. The van der Waals surface area contributed by atoms with Crippen LogP contribution in [0.15, 0.2) is 18.2 Å². The summed E-state index contributed by atoms with van der Waals surface area (Å²) in [4.78, 5) is 0. The fourth-order valence-corrected chi connectivity index (χ4v) is 1.36. The molecule has 1 atom stereocenters. The molecule has 0 saturated heterocycles. The van der Waals surface area contributed by atoms with E-state index >= 15 is 0 Å². The number of halogens is 3. The number of hydrogen-bond acceptors (Lipinski definition) is 1. The summed E-state index contributed by atoms with van der Waals surface area (Å²) in [5.74, 6) is -0.927. The van der Waals surface area contributed by atoms with Crippen molar-refractivity contribution in [3.63, 3.8) is 0 Å². The van der Waals surface area contributed by atoms with Crippen molar-refractivity contribution >= 4 is 11.6 Å². The molecule has 0 saturated carbocycles. The van der Waals surface area contributed by atoms with Crippen LogP contribution in [0.3, 0.4) is 0 Å². The van der Waals surface area contributed by atoms with Gasteiger partial charge in [-0.3, -0.25) is 0 Å². The first kappa shape index (κ1) is 11.4. The highest BCUT2D eigenvalue weighted by atomic mass is 35.5. The minimum Gasteiger partial charge on any atom is -0.388 e. The van der Waals surface area contributed by atoms with Crippen molar-refractivity contribution < 1.29 is 13.9 Å². The molecule has 0 aliphatic heterocycles. The number of aliphatic hydroxyl groups is 1. The van der Waals surface area contributed by atoms with Crippen LogP contribution in [-0.4, -0.2) is 11.0 Å². The highest BCUT2D eigenvalue weighted by Crippen LogP contribution is 2.20. The number of benzene rings is 1. The molecule has 0 amide bonds. The van der Waals surface area contributed by atoms with Crippen LogP contribution in [0.25, 0.3) is 0 Å². The summed E-state index contributed by atoms with van der Waals surface area (Å²) in [5, 5.41) is 9.51. The van der Waals surface area contributed by atoms with E-state index in [2.05, 4.69) is 0 Å². The van der Waals surface area contributed by atoms with E-state index in [4.69, 9.17) is 11.6 Å². The number of hydrogen-bond donors (Lipinski definition) is 1. The molecule has 0 radical (unpaired) electrons. The predicted molar refractivity (Wildman–Crippen MR) is 51.3 cm³/mol. The van der Waals surface area contributed by atoms with Crippen LogP contribution in [0.4, 0.5) is 8.78 Å². The van der Waals surface area contributed by atoms with Gasteiger partial charge in [0, 0.05) is 11.9 Å². The van der Waals surface area contributed by atoms with Gasteiger partial charge in [0.2, 0.25) is 0 Å². The van der Waals surface area contributed by atoms with E-state index in [1.165, 1.54) is 0 Å². The fourth-order valence-electron chi connectivity index (χ4n) is 1.20. The van der Waals surface area contributed by atoms with E-state index in [-0.39, 0.29) is 5.56 Å². The normalized spacial score (nSPS) is 12.9. The van der Waals surface area contributed by atoms with Gasteiger partial charge < -0.3 is 5.11 Å². The lowest BCUT2D eigenvalue weighted by Crippen LogP contribution is -1.99. The smallest absolute Gasteiger partial charge is 0.126 e. The lowest BCUT2D eigenvalue weighted by Gasteiger charge is -2.09. The lowest BCUT2D eigenvalue weighted by atomic mass is 10.1. The molecular weight excluding hydrogens is 210 g/mol. The van der Waals surface area contributed by atoms with E-state index in [0.29, 0.717) is 18.7 Å². The molecule has 1 nitrogen and oxygen atoms in total. The third-order valence-electron chi connectivity index (χ3n) is 1.88. The summed E-state index contributed by atoms with van der Waals surface area (Å²) < 4.78 is 25.5. The van der Waals surface area contributed by atoms with Crippen LogP contribution in [0.1, 0.15) is 24.5 Å². The molecule has 0 aromatic heterocycles. The Morgan fingerprint density at radius 3 is 2.29 bits per heavy atom. The quantitative estimate of drug-likeness (QED) is 0.774. The Kier molecular flexibility index (Phi) is 4.29. The second-order valence-corrected chi connectivity index (χ2v) is 3.43. The molecule has 1 aromatic rings. The zero-order valence-electron chi connectivity index (χ0n) is 7.51. The van der Waals surface area contributed by atoms with Crippen molar-refractivity contribution in [1.29, 1.82) is 0 Å². The SMILES string of the molecule is OC(CCCCl)c1cc(F)cc(F)c1. The van der Waals surface area contributed by atoms with Gasteiger partial charge in [-0.2, -0.15) is 0 Å². The summed E-state index contributed by atoms with van der Waals surface area (Å²) in [6.45, 7) is 0. The monoisotopic (exact) mass is 220 g/mol. The predicted octanol–water partition coefficient (Wildman–Crippen LogP) is 3.02. The van der Waals surface area contributed by atoms with Crippen LogP contribution in [-0.2, 0) is 0 Å². The maximum atomic E-state index is 12.7. The van der Waals surface area contributed by atoms with E-state index in [0.717, 1.165) is 18.2 Å². The minimum atomic E-state index is -0.848. The fraction of sp³-hybridized carbons (Fsp3) is 0.400. The van der Waals surface area contributed by atoms with Gasteiger partial charge in [-0.1, -0.05) is 0 Å². The van der Waals surface area contributed by atoms with Gasteiger partial charge in [-0.25, -0.2) is 8.78 Å². The number of alkyl halides is 1. The highest BCUT2D eigenvalue weighted by Gasteiger charge is 2.09. The highest BCUT2D eigenvalue weighted by molar-refractivity contribution is 6.17. The summed E-state index contributed by atoms with van der Waals surface area (Å²) in [6.07, 6.45) is 0.173. The summed E-state index contributed by atoms with van der Waals surface area (Å²) in [5.41, 5.74) is 0.257. The van der Waals surface area contributed by atoms with Gasteiger partial charge in [0.05, 0.1) is 6.10 Å². The maximum Gasteiger partial charge on any atom is 0.126 e. The van der Waals surface area contributed by atoms with Crippen LogP contribution in [0, 0.1) is 11.6 Å². The van der Waals surface area contributed by atoms with Crippen molar-refractivity contribution in [3.05, 3.63) is 35.4 Å². The molecule has 0 fully saturated rings. The average molecular weight is 221 g/mol. The first-order valence-corrected chi connectivity index (χ1v) is 4.87. The minimum absolute atomic E-state index is 0.257. The molecule has 1 unspecified atom stereocenters. The molecule has 1 N–H and O–H groups in total. The van der Waals surface area contributed by atoms with Gasteiger partial charge in [-0.15, -0.1) is 11.6 Å². The van der Waals surface area contributed by atoms with Crippen molar-refractivity contribution in [3.8, 4) is 0 Å². The Bertz CT molecular complexity index is 284. The van der Waals surface area contributed by atoms with Crippen molar-refractivity contribution in [2.75, 3.05) is 5.88 Å². The maximum absolute atomic E-state index is 12.7. The molecular formula is C10H11ClF2O. The largest absolute Gasteiger partial charge is 0.388 e. The Balaban J connectivity index is 2.73. The Morgan fingerprint density at radius 2 is 1.79 bits per heavy atom. The summed E-state index contributed by atoms with van der Waals surface area (Å²) >= 11 is 5.44. The zero-order valence-corrected chi connectivity index (χ0v) is 8.27. The molecule has 4 heteroatoms. The van der Waals surface area contributed by atoms with Crippen molar-refractivity contribution in [2.24, 2.45) is 0 Å². The van der Waals surface area contributed by atoms with Crippen molar-refractivity contribution in [1.82, 2.24) is 0 Å². The second-order valence-electron chi connectivity index (χ2n) is 3.05. The van der Waals surface area contributed by atoms with Gasteiger partial charge in [0.1, 0.15) is 11.6 Å². The molecule has 0 bridgehead atoms. The molecule has 1 rings (SSSR count). The molecule has 0 heterocycles. The Labute approximate surface area is 86.3 Å². The van der Waals surface area contributed by atoms with Gasteiger partial charge in [0.15, 0.2) is 0 Å². The zero-order chi connectivity index (χ0) is 10.6. The molecule has 1 aromatic carbocycles. The Hall–Kier alpha value is -0.670. The van der Waals surface area contributed by atoms with Crippen LogP contribution >= 0.6 is 11.6 Å². The third kappa shape index (κ3) is 3.24. The summed E-state index contributed by atoms with van der Waals surface area (Å²) in [7, 11) is 0. The van der Waals surface area contributed by atoms with E-state index in [1.54, 1.807) is 0 Å². The number of rotatable bonds is 4. The van der Waals surface area contributed by atoms with Crippen LogP contribution in [0.5, 0.6) is 0 Å². The number of aliphatic hydroxyl groups excluding tert-OH is 1. The molecule has 0 aliphatic carbocycles. The standard InChI is InChI=1S/C10H11ClF2O/c11-3-1-2-10(14)7-4-8(12)6-9(13)5-7/h4-6,10,14H,1-3H2. The van der Waals surface area contributed by atoms with Crippen LogP contribution < -0.4 is 0 Å². The molecule has 14 heavy (non-hydrogen) atoms. The lowest BCUT2D eigenvalue weighted by molar-refractivity contribution is 0.166. The van der Waals surface area contributed by atoms with Gasteiger partial charge >= 0.3 is 0 Å². The average Bonchev–Trinajstić information content (AvgIpc) is 2.12. The van der Waals surface area contributed by atoms with Crippen molar-refractivity contribution in [2.45, 2.75) is 18.9 Å². The van der Waals surface area contributed by atoms with Gasteiger partial charge in [0.25, 0.3) is 0 Å². The topological polar surface area (TPSA) is 20.2 Å². The van der Waals surface area contributed by atoms with E-state index < -0.39 is 17.7 Å². The molecule has 0 spiro atoms. The first-order valence-electron chi connectivity index (χ1n) is 4.33. The first-order chi connectivity index (χ1) is 6.63. The van der Waals surface area contributed by atoms with Gasteiger partial charge in [-0.05, 0) is 30.5 Å². The third-order valence-corrected chi connectivity index (χ3v) is 2.15. The van der Waals surface area contributed by atoms with E-state index in [1.807, 2.05) is 0 Å². The van der Waals surface area contributed by atoms with Crippen LogP contribution in [0.2, 0.25) is 0 Å². The van der Waals surface area contributed by atoms with E-state index in [9.17, 15) is 13.9 Å². The molecule has 78 valence electrons.